The Labute approximate surface area is 108 Å². The summed E-state index contributed by atoms with van der Waals surface area (Å²) in [6.45, 7) is 3.37. The average Bonchev–Trinajstić information content (AvgIpc) is 2.40. The molecule has 0 spiro atoms. The van der Waals surface area contributed by atoms with E-state index in [9.17, 15) is 0 Å². The second-order valence-electron chi connectivity index (χ2n) is 3.82. The van der Waals surface area contributed by atoms with Crippen LogP contribution in [-0.2, 0) is 16.0 Å². The van der Waals surface area contributed by atoms with Gasteiger partial charge in [0, 0.05) is 26.7 Å². The highest BCUT2D eigenvalue weighted by Gasteiger charge is 1.96. The molecule has 0 fully saturated rings. The van der Waals surface area contributed by atoms with Crippen LogP contribution < -0.4 is 10.1 Å². The second-order valence-corrected chi connectivity index (χ2v) is 3.82. The van der Waals surface area contributed by atoms with Crippen molar-refractivity contribution < 1.29 is 14.2 Å². The average molecular weight is 254 g/mol. The number of nitrogens with one attached hydrogen (secondary N) is 1. The molecule has 0 aliphatic rings. The molecule has 0 aromatic carbocycles. The van der Waals surface area contributed by atoms with Crippen molar-refractivity contribution in [3.8, 4) is 5.75 Å². The number of aromatic nitrogens is 1. The Bertz CT molecular complexity index is 304. The van der Waals surface area contributed by atoms with E-state index in [0.717, 1.165) is 24.4 Å². The molecule has 5 heteroatoms. The van der Waals surface area contributed by atoms with Crippen LogP contribution in [0.3, 0.4) is 0 Å². The molecule has 1 heterocycles. The lowest BCUT2D eigenvalue weighted by atomic mass is 10.3. The number of hydrogen-bond donors (Lipinski definition) is 1. The van der Waals surface area contributed by atoms with Crippen LogP contribution in [0.5, 0.6) is 5.75 Å². The number of hydrogen-bond acceptors (Lipinski definition) is 5. The maximum atomic E-state index is 5.55. The first-order chi connectivity index (χ1) is 8.86. The minimum absolute atomic E-state index is 0.636. The van der Waals surface area contributed by atoms with Crippen LogP contribution in [0, 0.1) is 0 Å². The summed E-state index contributed by atoms with van der Waals surface area (Å²) < 4.78 is 15.8. The maximum Gasteiger partial charge on any atom is 0.137 e. The zero-order valence-corrected chi connectivity index (χ0v) is 11.1. The quantitative estimate of drug-likeness (QED) is 0.637. The molecule has 0 aliphatic heterocycles. The number of ether oxygens (including phenoxy) is 3. The number of pyridine rings is 1. The summed E-state index contributed by atoms with van der Waals surface area (Å²) in [4.78, 5) is 4.27. The van der Waals surface area contributed by atoms with E-state index >= 15 is 0 Å². The fraction of sp³-hybridized carbons (Fsp3) is 0.615. The predicted molar refractivity (Wildman–Crippen MR) is 69.8 cm³/mol. The summed E-state index contributed by atoms with van der Waals surface area (Å²) >= 11 is 0. The second kappa shape index (κ2) is 9.82. The molecule has 1 N–H and O–H groups in total. The topological polar surface area (TPSA) is 52.6 Å². The van der Waals surface area contributed by atoms with Crippen LogP contribution in [0.1, 0.15) is 12.1 Å². The Balaban J connectivity index is 2.08. The van der Waals surface area contributed by atoms with Gasteiger partial charge in [0.1, 0.15) is 5.75 Å². The van der Waals surface area contributed by atoms with E-state index in [0.29, 0.717) is 26.4 Å². The lowest BCUT2D eigenvalue weighted by molar-refractivity contribution is 0.0644. The van der Waals surface area contributed by atoms with Crippen molar-refractivity contribution in [1.29, 1.82) is 0 Å². The molecule has 18 heavy (non-hydrogen) atoms. The molecule has 0 bridgehead atoms. The van der Waals surface area contributed by atoms with E-state index in [-0.39, 0.29) is 0 Å². The molecule has 5 nitrogen and oxygen atoms in total. The Hall–Kier alpha value is -1.17. The van der Waals surface area contributed by atoms with Crippen LogP contribution >= 0.6 is 0 Å². The van der Waals surface area contributed by atoms with Gasteiger partial charge in [-0.05, 0) is 19.2 Å². The zero-order valence-electron chi connectivity index (χ0n) is 11.1. The number of rotatable bonds is 10. The summed E-state index contributed by atoms with van der Waals surface area (Å²) in [7, 11) is 3.56. The van der Waals surface area contributed by atoms with E-state index in [1.807, 2.05) is 19.2 Å². The van der Waals surface area contributed by atoms with E-state index in [4.69, 9.17) is 14.2 Å². The Kier molecular flexibility index (Phi) is 8.12. The fourth-order valence-electron chi connectivity index (χ4n) is 1.38. The first-order valence-corrected chi connectivity index (χ1v) is 6.16. The Morgan fingerprint density at radius 1 is 1.17 bits per heavy atom. The molecule has 0 atom stereocenters. The van der Waals surface area contributed by atoms with Gasteiger partial charge < -0.3 is 19.5 Å². The molecule has 1 aromatic rings. The lowest BCUT2D eigenvalue weighted by Crippen LogP contribution is -2.08. The molecular formula is C13H22N2O3. The van der Waals surface area contributed by atoms with Gasteiger partial charge >= 0.3 is 0 Å². The highest BCUT2D eigenvalue weighted by molar-refractivity contribution is 5.19. The lowest BCUT2D eigenvalue weighted by Gasteiger charge is -2.07. The molecule has 0 saturated carbocycles. The van der Waals surface area contributed by atoms with Crippen LogP contribution in [0.2, 0.25) is 0 Å². The van der Waals surface area contributed by atoms with E-state index in [1.54, 1.807) is 13.3 Å². The molecule has 102 valence electrons. The Morgan fingerprint density at radius 2 is 2.06 bits per heavy atom. The van der Waals surface area contributed by atoms with Gasteiger partial charge in [-0.3, -0.25) is 4.98 Å². The van der Waals surface area contributed by atoms with Crippen LogP contribution in [0.15, 0.2) is 18.3 Å². The highest BCUT2D eigenvalue weighted by atomic mass is 16.5. The number of methoxy groups -OCH3 is 1. The van der Waals surface area contributed by atoms with Crippen molar-refractivity contribution in [3.05, 3.63) is 24.0 Å². The Morgan fingerprint density at radius 3 is 2.72 bits per heavy atom. The largest absolute Gasteiger partial charge is 0.492 e. The van der Waals surface area contributed by atoms with E-state index in [2.05, 4.69) is 10.3 Å². The molecule has 0 radical (unpaired) electrons. The number of nitrogens with zero attached hydrogens (tertiary/aromatic N) is 1. The summed E-state index contributed by atoms with van der Waals surface area (Å²) in [5, 5.41) is 3.05. The van der Waals surface area contributed by atoms with Crippen molar-refractivity contribution in [3.63, 3.8) is 0 Å². The van der Waals surface area contributed by atoms with E-state index in [1.165, 1.54) is 0 Å². The first-order valence-electron chi connectivity index (χ1n) is 6.16. The van der Waals surface area contributed by atoms with Crippen LogP contribution in [-0.4, -0.2) is 45.6 Å². The van der Waals surface area contributed by atoms with Crippen molar-refractivity contribution in [1.82, 2.24) is 10.3 Å². The normalized spacial score (nSPS) is 10.6. The zero-order chi connectivity index (χ0) is 13.1. The van der Waals surface area contributed by atoms with Gasteiger partial charge in [0.05, 0.1) is 31.7 Å². The third-order valence-corrected chi connectivity index (χ3v) is 2.29. The van der Waals surface area contributed by atoms with Crippen molar-refractivity contribution in [2.75, 3.05) is 40.6 Å². The van der Waals surface area contributed by atoms with Crippen molar-refractivity contribution >= 4 is 0 Å². The first kappa shape index (κ1) is 14.9. The van der Waals surface area contributed by atoms with Gasteiger partial charge in [-0.15, -0.1) is 0 Å². The SMILES string of the molecule is CNCc1ccc(OCCCOCCOC)cn1. The summed E-state index contributed by atoms with van der Waals surface area (Å²) in [5.74, 6) is 0.798. The van der Waals surface area contributed by atoms with Gasteiger partial charge in [-0.2, -0.15) is 0 Å². The maximum absolute atomic E-state index is 5.55. The molecular weight excluding hydrogens is 232 g/mol. The van der Waals surface area contributed by atoms with Crippen LogP contribution in [0.4, 0.5) is 0 Å². The fourth-order valence-corrected chi connectivity index (χ4v) is 1.38. The molecule has 0 saturated heterocycles. The van der Waals surface area contributed by atoms with Gasteiger partial charge in [0.15, 0.2) is 0 Å². The van der Waals surface area contributed by atoms with Crippen molar-refractivity contribution in [2.24, 2.45) is 0 Å². The van der Waals surface area contributed by atoms with Crippen LogP contribution in [0.25, 0.3) is 0 Å². The standard InChI is InChI=1S/C13H22N2O3/c1-14-10-12-4-5-13(11-15-12)18-7-3-6-17-9-8-16-2/h4-5,11,14H,3,6-10H2,1-2H3. The molecule has 0 unspecified atom stereocenters. The molecule has 0 amide bonds. The third-order valence-electron chi connectivity index (χ3n) is 2.29. The minimum Gasteiger partial charge on any atom is -0.492 e. The minimum atomic E-state index is 0.636. The molecule has 0 aliphatic carbocycles. The third kappa shape index (κ3) is 6.54. The van der Waals surface area contributed by atoms with E-state index < -0.39 is 0 Å². The summed E-state index contributed by atoms with van der Waals surface area (Å²) in [6, 6.07) is 3.90. The monoisotopic (exact) mass is 254 g/mol. The van der Waals surface area contributed by atoms with Gasteiger partial charge in [-0.25, -0.2) is 0 Å². The highest BCUT2D eigenvalue weighted by Crippen LogP contribution is 2.09. The van der Waals surface area contributed by atoms with Gasteiger partial charge in [0.25, 0.3) is 0 Å². The molecule has 1 rings (SSSR count). The predicted octanol–water partition coefficient (Wildman–Crippen LogP) is 1.23. The summed E-state index contributed by atoms with van der Waals surface area (Å²) in [5.41, 5.74) is 1.01. The van der Waals surface area contributed by atoms with Gasteiger partial charge in [-0.1, -0.05) is 0 Å². The summed E-state index contributed by atoms with van der Waals surface area (Å²) in [6.07, 6.45) is 2.61. The smallest absolute Gasteiger partial charge is 0.137 e. The van der Waals surface area contributed by atoms with Crippen molar-refractivity contribution in [2.45, 2.75) is 13.0 Å². The molecule has 1 aromatic heterocycles. The van der Waals surface area contributed by atoms with Gasteiger partial charge in [0.2, 0.25) is 0 Å².